The minimum Gasteiger partial charge on any atom is -0.328 e. The van der Waals surface area contributed by atoms with Crippen LogP contribution in [0.25, 0.3) is 0 Å². The lowest BCUT2D eigenvalue weighted by Gasteiger charge is -2.25. The summed E-state index contributed by atoms with van der Waals surface area (Å²) in [6.07, 6.45) is 2.13. The minimum atomic E-state index is 0.196. The van der Waals surface area contributed by atoms with Gasteiger partial charge in [-0.3, -0.25) is 0 Å². The molecule has 0 saturated heterocycles. The van der Waals surface area contributed by atoms with Crippen LogP contribution in [0, 0.1) is 6.92 Å². The lowest BCUT2D eigenvalue weighted by atomic mass is 9.83. The second kappa shape index (κ2) is 6.53. The van der Waals surface area contributed by atoms with Crippen molar-refractivity contribution in [3.8, 4) is 0 Å². The first-order chi connectivity index (χ1) is 8.75. The zero-order valence-electron chi connectivity index (χ0n) is 13.4. The predicted octanol–water partition coefficient (Wildman–Crippen LogP) is 3.68. The highest BCUT2D eigenvalue weighted by atomic mass is 14.9. The van der Waals surface area contributed by atoms with E-state index in [9.17, 15) is 0 Å². The third-order valence-corrected chi connectivity index (χ3v) is 3.78. The molecule has 2 heteroatoms. The lowest BCUT2D eigenvalue weighted by molar-refractivity contribution is 0.493. The van der Waals surface area contributed by atoms with Crippen LogP contribution >= 0.6 is 0 Å². The standard InChI is InChI=1S/C17H30N2/c1-12-7-9-14(17(3,4)5)11-15(12)16(19-6)10-8-13(2)18/h7,9,11,13,16,19H,8,10,18H2,1-6H3. The van der Waals surface area contributed by atoms with Gasteiger partial charge in [-0.15, -0.1) is 0 Å². The van der Waals surface area contributed by atoms with E-state index in [-0.39, 0.29) is 11.5 Å². The van der Waals surface area contributed by atoms with Crippen LogP contribution in [-0.4, -0.2) is 13.1 Å². The highest BCUT2D eigenvalue weighted by Gasteiger charge is 2.18. The van der Waals surface area contributed by atoms with E-state index in [1.165, 1.54) is 16.7 Å². The van der Waals surface area contributed by atoms with Gasteiger partial charge in [-0.2, -0.15) is 0 Å². The molecular formula is C17H30N2. The van der Waals surface area contributed by atoms with Gasteiger partial charge in [0.2, 0.25) is 0 Å². The fraction of sp³-hybridized carbons (Fsp3) is 0.647. The van der Waals surface area contributed by atoms with Crippen molar-refractivity contribution in [2.45, 2.75) is 65.0 Å². The molecule has 0 aromatic heterocycles. The van der Waals surface area contributed by atoms with Gasteiger partial charge in [0.25, 0.3) is 0 Å². The summed E-state index contributed by atoms with van der Waals surface area (Å²) < 4.78 is 0. The monoisotopic (exact) mass is 262 g/mol. The Kier molecular flexibility index (Phi) is 5.57. The van der Waals surface area contributed by atoms with Crippen molar-refractivity contribution >= 4 is 0 Å². The van der Waals surface area contributed by atoms with E-state index in [2.05, 4.69) is 58.1 Å². The predicted molar refractivity (Wildman–Crippen MR) is 84.6 cm³/mol. The number of benzene rings is 1. The Morgan fingerprint density at radius 2 is 1.84 bits per heavy atom. The molecule has 19 heavy (non-hydrogen) atoms. The molecule has 0 aliphatic heterocycles. The maximum atomic E-state index is 5.88. The molecule has 0 amide bonds. The summed E-state index contributed by atoms with van der Waals surface area (Å²) in [7, 11) is 2.04. The summed E-state index contributed by atoms with van der Waals surface area (Å²) in [5.41, 5.74) is 10.2. The van der Waals surface area contributed by atoms with Crippen molar-refractivity contribution in [3.05, 3.63) is 34.9 Å². The largest absolute Gasteiger partial charge is 0.328 e. The van der Waals surface area contributed by atoms with Crippen LogP contribution in [0.15, 0.2) is 18.2 Å². The van der Waals surface area contributed by atoms with Crippen molar-refractivity contribution in [2.24, 2.45) is 5.73 Å². The smallest absolute Gasteiger partial charge is 0.0320 e. The van der Waals surface area contributed by atoms with Gasteiger partial charge < -0.3 is 11.1 Å². The number of nitrogens with two attached hydrogens (primary N) is 1. The van der Waals surface area contributed by atoms with Gasteiger partial charge >= 0.3 is 0 Å². The van der Waals surface area contributed by atoms with Crippen LogP contribution in [0.1, 0.15) is 63.3 Å². The number of hydrogen-bond donors (Lipinski definition) is 2. The SMILES string of the molecule is CNC(CCC(C)N)c1cc(C(C)(C)C)ccc1C. The molecule has 0 radical (unpaired) electrons. The first kappa shape index (κ1) is 16.2. The highest BCUT2D eigenvalue weighted by molar-refractivity contribution is 5.36. The van der Waals surface area contributed by atoms with Gasteiger partial charge in [0, 0.05) is 12.1 Å². The summed E-state index contributed by atoms with van der Waals surface area (Å²) in [5.74, 6) is 0. The van der Waals surface area contributed by atoms with Crippen LogP contribution in [0.2, 0.25) is 0 Å². The average molecular weight is 262 g/mol. The van der Waals surface area contributed by atoms with E-state index in [0.717, 1.165) is 12.8 Å². The quantitative estimate of drug-likeness (QED) is 0.849. The summed E-state index contributed by atoms with van der Waals surface area (Å²) >= 11 is 0. The molecule has 0 saturated carbocycles. The molecule has 2 atom stereocenters. The summed E-state index contributed by atoms with van der Waals surface area (Å²) in [6, 6.07) is 7.51. The van der Waals surface area contributed by atoms with E-state index < -0.39 is 0 Å². The molecule has 1 aromatic carbocycles. The van der Waals surface area contributed by atoms with Crippen LogP contribution in [0.5, 0.6) is 0 Å². The summed E-state index contributed by atoms with van der Waals surface area (Å²) in [6.45, 7) is 11.1. The van der Waals surface area contributed by atoms with Crippen LogP contribution in [0.4, 0.5) is 0 Å². The van der Waals surface area contributed by atoms with Gasteiger partial charge in [-0.1, -0.05) is 39.0 Å². The summed E-state index contributed by atoms with van der Waals surface area (Å²) in [4.78, 5) is 0. The van der Waals surface area contributed by atoms with Crippen molar-refractivity contribution in [1.82, 2.24) is 5.32 Å². The zero-order valence-corrected chi connectivity index (χ0v) is 13.4. The second-order valence-corrected chi connectivity index (χ2v) is 6.72. The molecule has 1 rings (SSSR count). The maximum absolute atomic E-state index is 5.88. The fourth-order valence-electron chi connectivity index (χ4n) is 2.37. The van der Waals surface area contributed by atoms with Crippen molar-refractivity contribution in [3.63, 3.8) is 0 Å². The molecule has 0 spiro atoms. The number of aryl methyl sites for hydroxylation is 1. The lowest BCUT2D eigenvalue weighted by Crippen LogP contribution is -2.23. The van der Waals surface area contributed by atoms with Crippen LogP contribution in [0.3, 0.4) is 0 Å². The Morgan fingerprint density at radius 1 is 1.21 bits per heavy atom. The molecule has 3 N–H and O–H groups in total. The third kappa shape index (κ3) is 4.63. The molecule has 0 bridgehead atoms. The van der Waals surface area contributed by atoms with Gasteiger partial charge in [0.05, 0.1) is 0 Å². The second-order valence-electron chi connectivity index (χ2n) is 6.72. The molecule has 0 fully saturated rings. The molecule has 1 aromatic rings. The normalized spacial score (nSPS) is 15.3. The number of nitrogens with one attached hydrogen (secondary N) is 1. The third-order valence-electron chi connectivity index (χ3n) is 3.78. The Bertz CT molecular complexity index is 402. The van der Waals surface area contributed by atoms with Gasteiger partial charge in [0.15, 0.2) is 0 Å². The van der Waals surface area contributed by atoms with Gasteiger partial charge in [-0.25, -0.2) is 0 Å². The Morgan fingerprint density at radius 3 is 2.32 bits per heavy atom. The van der Waals surface area contributed by atoms with Crippen molar-refractivity contribution < 1.29 is 0 Å². The fourth-order valence-corrected chi connectivity index (χ4v) is 2.37. The highest BCUT2D eigenvalue weighted by Crippen LogP contribution is 2.29. The molecule has 108 valence electrons. The first-order valence-corrected chi connectivity index (χ1v) is 7.29. The van der Waals surface area contributed by atoms with E-state index >= 15 is 0 Å². The molecule has 0 heterocycles. The number of rotatable bonds is 5. The summed E-state index contributed by atoms with van der Waals surface area (Å²) in [5, 5.41) is 3.44. The first-order valence-electron chi connectivity index (χ1n) is 7.29. The molecule has 2 unspecified atom stereocenters. The van der Waals surface area contributed by atoms with E-state index in [4.69, 9.17) is 5.73 Å². The van der Waals surface area contributed by atoms with E-state index in [0.29, 0.717) is 6.04 Å². The molecule has 2 nitrogen and oxygen atoms in total. The van der Waals surface area contributed by atoms with Crippen molar-refractivity contribution in [1.29, 1.82) is 0 Å². The molecule has 0 aliphatic carbocycles. The average Bonchev–Trinajstić information content (AvgIpc) is 2.30. The van der Waals surface area contributed by atoms with Crippen LogP contribution in [-0.2, 0) is 5.41 Å². The zero-order chi connectivity index (χ0) is 14.6. The van der Waals surface area contributed by atoms with Crippen LogP contribution < -0.4 is 11.1 Å². The molecule has 0 aliphatic rings. The van der Waals surface area contributed by atoms with E-state index in [1.54, 1.807) is 0 Å². The minimum absolute atomic E-state index is 0.196. The number of hydrogen-bond acceptors (Lipinski definition) is 2. The Labute approximate surface area is 118 Å². The Hall–Kier alpha value is -0.860. The maximum Gasteiger partial charge on any atom is 0.0320 e. The Balaban J connectivity index is 3.02. The van der Waals surface area contributed by atoms with Gasteiger partial charge in [0.1, 0.15) is 0 Å². The van der Waals surface area contributed by atoms with E-state index in [1.807, 2.05) is 7.05 Å². The van der Waals surface area contributed by atoms with Crippen molar-refractivity contribution in [2.75, 3.05) is 7.05 Å². The van der Waals surface area contributed by atoms with Gasteiger partial charge in [-0.05, 0) is 55.8 Å². The topological polar surface area (TPSA) is 38.0 Å². The molecular weight excluding hydrogens is 232 g/mol.